The third-order valence-electron chi connectivity index (χ3n) is 7.05. The largest absolute Gasteiger partial charge is 0.384 e. The van der Waals surface area contributed by atoms with Crippen LogP contribution in [0.2, 0.25) is 0 Å². The van der Waals surface area contributed by atoms with Gasteiger partial charge in [0.15, 0.2) is 0 Å². The summed E-state index contributed by atoms with van der Waals surface area (Å²) in [7, 11) is 5.61. The van der Waals surface area contributed by atoms with Crippen molar-refractivity contribution < 1.29 is 14.2 Å². The van der Waals surface area contributed by atoms with Gasteiger partial charge in [0, 0.05) is 41.2 Å². The van der Waals surface area contributed by atoms with Crippen LogP contribution in [0.3, 0.4) is 0 Å². The number of hydrogen-bond donors (Lipinski definition) is 0. The van der Waals surface area contributed by atoms with Crippen molar-refractivity contribution in [3.63, 3.8) is 0 Å². The standard InChI is InChI=1S/C19H34O3/c1-20-10-13-4-7-17-15(12-22-3)6-9-18-14(11-21-2)5-8-16(13)19(17)18/h13-19H,4-12H2,1-3H3. The Bertz CT molecular complexity index is 293. The van der Waals surface area contributed by atoms with E-state index in [9.17, 15) is 0 Å². The van der Waals surface area contributed by atoms with Crippen molar-refractivity contribution in [1.82, 2.24) is 0 Å². The third kappa shape index (κ3) is 3.09. The van der Waals surface area contributed by atoms with Crippen LogP contribution < -0.4 is 0 Å². The summed E-state index contributed by atoms with van der Waals surface area (Å²) in [5.41, 5.74) is 0. The van der Waals surface area contributed by atoms with E-state index in [0.717, 1.165) is 61.2 Å². The molecule has 128 valence electrons. The smallest absolute Gasteiger partial charge is 0.0493 e. The molecule has 3 fully saturated rings. The molecule has 3 heteroatoms. The second kappa shape index (κ2) is 7.63. The highest BCUT2D eigenvalue weighted by molar-refractivity contribution is 5.00. The van der Waals surface area contributed by atoms with Gasteiger partial charge in [-0.05, 0) is 80.0 Å². The Morgan fingerprint density at radius 2 is 0.864 bits per heavy atom. The molecule has 0 aliphatic heterocycles. The first-order valence-electron chi connectivity index (χ1n) is 9.27. The first-order valence-corrected chi connectivity index (χ1v) is 9.27. The molecule has 0 N–H and O–H groups in total. The predicted octanol–water partition coefficient (Wildman–Crippen LogP) is 3.62. The highest BCUT2D eigenvalue weighted by Gasteiger charge is 2.52. The summed E-state index contributed by atoms with van der Waals surface area (Å²) < 4.78 is 16.7. The second-order valence-corrected chi connectivity index (χ2v) is 7.95. The Hall–Kier alpha value is -0.120. The van der Waals surface area contributed by atoms with Crippen molar-refractivity contribution in [2.75, 3.05) is 41.2 Å². The van der Waals surface area contributed by atoms with Gasteiger partial charge in [0.25, 0.3) is 0 Å². The van der Waals surface area contributed by atoms with Gasteiger partial charge in [0.1, 0.15) is 0 Å². The Kier molecular flexibility index (Phi) is 5.80. The lowest BCUT2D eigenvalue weighted by Gasteiger charge is -2.57. The predicted molar refractivity (Wildman–Crippen MR) is 87.8 cm³/mol. The highest BCUT2D eigenvalue weighted by Crippen LogP contribution is 2.57. The minimum atomic E-state index is 0.790. The molecule has 3 rings (SSSR count). The molecule has 0 aromatic rings. The van der Waals surface area contributed by atoms with Gasteiger partial charge in [-0.1, -0.05) is 0 Å². The van der Waals surface area contributed by atoms with Crippen LogP contribution in [-0.4, -0.2) is 41.2 Å². The summed E-state index contributed by atoms with van der Waals surface area (Å²) in [5.74, 6) is 5.93. The normalized spacial score (nSPS) is 44.6. The van der Waals surface area contributed by atoms with E-state index in [1.807, 2.05) is 21.3 Å². The van der Waals surface area contributed by atoms with Crippen LogP contribution in [0.5, 0.6) is 0 Å². The van der Waals surface area contributed by atoms with Crippen LogP contribution in [-0.2, 0) is 14.2 Å². The molecule has 3 saturated carbocycles. The van der Waals surface area contributed by atoms with Crippen LogP contribution >= 0.6 is 0 Å². The van der Waals surface area contributed by atoms with E-state index >= 15 is 0 Å². The van der Waals surface area contributed by atoms with Gasteiger partial charge < -0.3 is 14.2 Å². The van der Waals surface area contributed by atoms with Crippen molar-refractivity contribution in [3.05, 3.63) is 0 Å². The van der Waals surface area contributed by atoms with E-state index in [-0.39, 0.29) is 0 Å². The first kappa shape index (κ1) is 16.7. The molecule has 6 unspecified atom stereocenters. The second-order valence-electron chi connectivity index (χ2n) is 7.95. The lowest BCUT2D eigenvalue weighted by Crippen LogP contribution is -2.52. The monoisotopic (exact) mass is 310 g/mol. The molecule has 0 saturated heterocycles. The molecule has 0 spiro atoms. The molecule has 0 aromatic heterocycles. The van der Waals surface area contributed by atoms with E-state index in [4.69, 9.17) is 14.2 Å². The van der Waals surface area contributed by atoms with Gasteiger partial charge in [0.2, 0.25) is 0 Å². The van der Waals surface area contributed by atoms with Crippen molar-refractivity contribution in [2.45, 2.75) is 38.5 Å². The fourth-order valence-corrected chi connectivity index (χ4v) is 6.30. The maximum absolute atomic E-state index is 5.55. The van der Waals surface area contributed by atoms with E-state index in [1.165, 1.54) is 38.5 Å². The molecule has 3 nitrogen and oxygen atoms in total. The molecule has 0 amide bonds. The van der Waals surface area contributed by atoms with Crippen molar-refractivity contribution in [3.8, 4) is 0 Å². The lowest BCUT2D eigenvalue weighted by atomic mass is 9.49. The highest BCUT2D eigenvalue weighted by atomic mass is 16.5. The van der Waals surface area contributed by atoms with E-state index < -0.39 is 0 Å². The molecule has 3 aliphatic carbocycles. The average molecular weight is 310 g/mol. The molecule has 6 atom stereocenters. The van der Waals surface area contributed by atoms with Crippen molar-refractivity contribution in [2.24, 2.45) is 41.4 Å². The average Bonchev–Trinajstić information content (AvgIpc) is 2.53. The molecule has 0 radical (unpaired) electrons. The van der Waals surface area contributed by atoms with Gasteiger partial charge in [-0.15, -0.1) is 0 Å². The summed E-state index contributed by atoms with van der Waals surface area (Å²) in [6, 6.07) is 0. The molecule has 3 aliphatic rings. The molecule has 0 bridgehead atoms. The minimum Gasteiger partial charge on any atom is -0.384 e. The fourth-order valence-electron chi connectivity index (χ4n) is 6.30. The first-order chi connectivity index (χ1) is 10.8. The van der Waals surface area contributed by atoms with Crippen LogP contribution in [0.15, 0.2) is 0 Å². The summed E-state index contributed by atoms with van der Waals surface area (Å²) in [4.78, 5) is 0. The molecule has 22 heavy (non-hydrogen) atoms. The van der Waals surface area contributed by atoms with Gasteiger partial charge in [-0.25, -0.2) is 0 Å². The topological polar surface area (TPSA) is 27.7 Å². The Morgan fingerprint density at radius 3 is 1.14 bits per heavy atom. The summed E-state index contributed by atoms with van der Waals surface area (Å²) >= 11 is 0. The Labute approximate surface area is 136 Å². The number of methoxy groups -OCH3 is 3. The quantitative estimate of drug-likeness (QED) is 0.750. The molecule has 0 heterocycles. The zero-order chi connectivity index (χ0) is 15.5. The van der Waals surface area contributed by atoms with E-state index in [2.05, 4.69) is 0 Å². The van der Waals surface area contributed by atoms with E-state index in [1.54, 1.807) is 0 Å². The van der Waals surface area contributed by atoms with Crippen LogP contribution in [0.1, 0.15) is 38.5 Å². The maximum atomic E-state index is 5.55. The molecular formula is C19H34O3. The molecular weight excluding hydrogens is 276 g/mol. The van der Waals surface area contributed by atoms with Gasteiger partial charge in [-0.3, -0.25) is 0 Å². The summed E-state index contributed by atoms with van der Waals surface area (Å²) in [6.07, 6.45) is 8.25. The van der Waals surface area contributed by atoms with Crippen LogP contribution in [0, 0.1) is 41.4 Å². The van der Waals surface area contributed by atoms with Crippen LogP contribution in [0.25, 0.3) is 0 Å². The SMILES string of the molecule is COCC1CCC2C(COC)CCC3C(COC)CCC1C23. The van der Waals surface area contributed by atoms with Gasteiger partial charge in [0.05, 0.1) is 0 Å². The van der Waals surface area contributed by atoms with E-state index in [0.29, 0.717) is 0 Å². The summed E-state index contributed by atoms with van der Waals surface area (Å²) in [5, 5.41) is 0. The minimum absolute atomic E-state index is 0.790. The maximum Gasteiger partial charge on any atom is 0.0493 e. The van der Waals surface area contributed by atoms with Crippen molar-refractivity contribution in [1.29, 1.82) is 0 Å². The Morgan fingerprint density at radius 1 is 0.545 bits per heavy atom. The zero-order valence-electron chi connectivity index (χ0n) is 14.6. The third-order valence-corrected chi connectivity index (χ3v) is 7.05. The summed E-state index contributed by atoms with van der Waals surface area (Å²) in [6.45, 7) is 2.89. The van der Waals surface area contributed by atoms with Gasteiger partial charge >= 0.3 is 0 Å². The Balaban J connectivity index is 1.80. The number of ether oxygens (including phenoxy) is 3. The zero-order valence-corrected chi connectivity index (χ0v) is 14.6. The number of hydrogen-bond acceptors (Lipinski definition) is 3. The van der Waals surface area contributed by atoms with Gasteiger partial charge in [-0.2, -0.15) is 0 Å². The number of rotatable bonds is 6. The van der Waals surface area contributed by atoms with Crippen LogP contribution in [0.4, 0.5) is 0 Å². The van der Waals surface area contributed by atoms with Crippen molar-refractivity contribution >= 4 is 0 Å². The molecule has 0 aromatic carbocycles. The fraction of sp³-hybridized carbons (Fsp3) is 1.00. The lowest BCUT2D eigenvalue weighted by molar-refractivity contribution is -0.109.